The van der Waals surface area contributed by atoms with Crippen LogP contribution in [0.15, 0.2) is 45.6 Å². The minimum atomic E-state index is -1.65. The van der Waals surface area contributed by atoms with Crippen LogP contribution in [0.2, 0.25) is 5.02 Å². The van der Waals surface area contributed by atoms with Crippen LogP contribution >= 0.6 is 69.5 Å². The maximum Gasteiger partial charge on any atom is 0.250 e. The highest BCUT2D eigenvalue weighted by Gasteiger charge is 2.28. The quantitative estimate of drug-likeness (QED) is 0.374. The largest absolute Gasteiger partial charge is 0.250 e. The summed E-state index contributed by atoms with van der Waals surface area (Å²) in [6.45, 7) is 0. The van der Waals surface area contributed by atoms with Crippen LogP contribution in [0.3, 0.4) is 0 Å². The molecule has 0 aliphatic heterocycles. The molecule has 2 aromatic heterocycles. The Balaban J connectivity index is 2.07. The highest BCUT2D eigenvalue weighted by atomic mass is 35.6. The summed E-state index contributed by atoms with van der Waals surface area (Å²) in [5.74, 6) is 0.176. The zero-order chi connectivity index (χ0) is 15.0. The van der Waals surface area contributed by atoms with E-state index in [1.54, 1.807) is 11.3 Å². The first-order chi connectivity index (χ1) is 9.93. The second-order valence-electron chi connectivity index (χ2n) is 4.04. The molecule has 0 saturated carbocycles. The number of aromatic nitrogens is 2. The molecule has 1 aromatic carbocycles. The van der Waals surface area contributed by atoms with Crippen molar-refractivity contribution in [3.8, 4) is 0 Å². The van der Waals surface area contributed by atoms with E-state index in [1.807, 2.05) is 35.7 Å². The number of fused-ring (bicyclic) bond motifs is 1. The molecule has 0 aliphatic rings. The molecule has 0 unspecified atom stereocenters. The van der Waals surface area contributed by atoms with Crippen molar-refractivity contribution >= 4 is 79.7 Å². The Morgan fingerprint density at radius 3 is 2.38 bits per heavy atom. The summed E-state index contributed by atoms with van der Waals surface area (Å²) in [5, 5.41) is 3.39. The summed E-state index contributed by atoms with van der Waals surface area (Å²) in [7, 11) is 0. The van der Waals surface area contributed by atoms with Gasteiger partial charge in [-0.1, -0.05) is 58.2 Å². The zero-order valence-corrected chi connectivity index (χ0v) is 14.8. The maximum absolute atomic E-state index is 5.90. The van der Waals surface area contributed by atoms with Crippen molar-refractivity contribution in [1.82, 2.24) is 9.97 Å². The van der Waals surface area contributed by atoms with E-state index in [0.717, 1.165) is 20.1 Å². The highest BCUT2D eigenvalue weighted by Crippen LogP contribution is 2.40. The van der Waals surface area contributed by atoms with Gasteiger partial charge in [-0.15, -0.1) is 11.3 Å². The van der Waals surface area contributed by atoms with Crippen molar-refractivity contribution in [3.63, 3.8) is 0 Å². The van der Waals surface area contributed by atoms with Crippen LogP contribution in [-0.4, -0.2) is 9.97 Å². The molecule has 0 amide bonds. The standard InChI is InChI=1S/C13H6Cl4N2S2/c14-7-1-3-8(4-2-7)21-11-10-9(5-6-20-10)18-12(19-11)13(15,16)17/h1-6H. The summed E-state index contributed by atoms with van der Waals surface area (Å²) < 4.78 is -0.682. The number of halogens is 4. The lowest BCUT2D eigenvalue weighted by molar-refractivity contribution is 0.944. The lowest BCUT2D eigenvalue weighted by Crippen LogP contribution is -2.07. The molecule has 108 valence electrons. The zero-order valence-electron chi connectivity index (χ0n) is 10.2. The number of rotatable bonds is 2. The molecular formula is C13H6Cl4N2S2. The van der Waals surface area contributed by atoms with E-state index in [4.69, 9.17) is 46.4 Å². The lowest BCUT2D eigenvalue weighted by atomic mass is 10.4. The molecule has 0 bridgehead atoms. The minimum Gasteiger partial charge on any atom is -0.228 e. The smallest absolute Gasteiger partial charge is 0.228 e. The third-order valence-corrected chi connectivity index (χ3v) is 5.35. The third-order valence-electron chi connectivity index (χ3n) is 2.55. The van der Waals surface area contributed by atoms with Crippen molar-refractivity contribution < 1.29 is 0 Å². The summed E-state index contributed by atoms with van der Waals surface area (Å²) in [6, 6.07) is 9.37. The van der Waals surface area contributed by atoms with E-state index in [0.29, 0.717) is 5.02 Å². The van der Waals surface area contributed by atoms with Crippen molar-refractivity contribution in [2.75, 3.05) is 0 Å². The van der Waals surface area contributed by atoms with E-state index in [2.05, 4.69) is 9.97 Å². The second-order valence-corrected chi connectivity index (χ2v) is 8.74. The number of hydrogen-bond donors (Lipinski definition) is 0. The third kappa shape index (κ3) is 3.58. The van der Waals surface area contributed by atoms with Crippen LogP contribution in [0.4, 0.5) is 0 Å². The normalized spacial score (nSPS) is 12.0. The van der Waals surface area contributed by atoms with Gasteiger partial charge in [0.1, 0.15) is 5.03 Å². The molecule has 2 nitrogen and oxygen atoms in total. The van der Waals surface area contributed by atoms with E-state index in [-0.39, 0.29) is 5.82 Å². The van der Waals surface area contributed by atoms with Gasteiger partial charge in [-0.3, -0.25) is 0 Å². The average Bonchev–Trinajstić information content (AvgIpc) is 2.89. The Morgan fingerprint density at radius 1 is 1.00 bits per heavy atom. The number of thiophene rings is 1. The van der Waals surface area contributed by atoms with E-state index >= 15 is 0 Å². The summed E-state index contributed by atoms with van der Waals surface area (Å²) in [6.07, 6.45) is 0. The van der Waals surface area contributed by atoms with E-state index in [9.17, 15) is 0 Å². The molecule has 2 heterocycles. The number of hydrogen-bond acceptors (Lipinski definition) is 4. The fraction of sp³-hybridized carbons (Fsp3) is 0.0769. The Kier molecular flexibility index (Phi) is 4.55. The van der Waals surface area contributed by atoms with E-state index in [1.165, 1.54) is 11.8 Å². The minimum absolute atomic E-state index is 0.176. The van der Waals surface area contributed by atoms with Crippen LogP contribution in [0.5, 0.6) is 0 Å². The molecule has 21 heavy (non-hydrogen) atoms. The summed E-state index contributed by atoms with van der Waals surface area (Å²) in [4.78, 5) is 9.69. The van der Waals surface area contributed by atoms with Crippen LogP contribution in [-0.2, 0) is 3.79 Å². The lowest BCUT2D eigenvalue weighted by Gasteiger charge is -2.11. The monoisotopic (exact) mass is 394 g/mol. The van der Waals surface area contributed by atoms with Gasteiger partial charge in [0.25, 0.3) is 0 Å². The van der Waals surface area contributed by atoms with Gasteiger partial charge in [0.2, 0.25) is 3.79 Å². The van der Waals surface area contributed by atoms with Gasteiger partial charge in [-0.25, -0.2) is 9.97 Å². The molecule has 0 radical (unpaired) electrons. The molecule has 0 spiro atoms. The predicted molar refractivity (Wildman–Crippen MR) is 92.2 cm³/mol. The van der Waals surface area contributed by atoms with Crippen LogP contribution < -0.4 is 0 Å². The molecule has 0 N–H and O–H groups in total. The van der Waals surface area contributed by atoms with Crippen LogP contribution in [0.1, 0.15) is 5.82 Å². The van der Waals surface area contributed by atoms with Crippen LogP contribution in [0, 0.1) is 0 Å². The Labute approximate surface area is 149 Å². The highest BCUT2D eigenvalue weighted by molar-refractivity contribution is 7.99. The first-order valence-corrected chi connectivity index (χ1v) is 8.90. The number of benzene rings is 1. The Bertz CT molecular complexity index is 781. The van der Waals surface area contributed by atoms with Gasteiger partial charge in [0.15, 0.2) is 5.82 Å². The van der Waals surface area contributed by atoms with Gasteiger partial charge in [-0.05, 0) is 35.7 Å². The summed E-state index contributed by atoms with van der Waals surface area (Å²) in [5.41, 5.74) is 0.771. The molecular weight excluding hydrogens is 390 g/mol. The molecule has 0 saturated heterocycles. The SMILES string of the molecule is Clc1ccc(Sc2nc(C(Cl)(Cl)Cl)nc3ccsc23)cc1. The van der Waals surface area contributed by atoms with Gasteiger partial charge < -0.3 is 0 Å². The number of alkyl halides is 3. The van der Waals surface area contributed by atoms with Crippen molar-refractivity contribution in [3.05, 3.63) is 46.6 Å². The Hall–Kier alpha value is -0.230. The predicted octanol–water partition coefficient (Wildman–Crippen LogP) is 6.32. The fourth-order valence-corrected chi connectivity index (χ4v) is 3.83. The van der Waals surface area contributed by atoms with Crippen molar-refractivity contribution in [1.29, 1.82) is 0 Å². The molecule has 0 aliphatic carbocycles. The molecule has 8 heteroatoms. The fourth-order valence-electron chi connectivity index (χ4n) is 1.65. The molecule has 0 fully saturated rings. The molecule has 0 atom stereocenters. The topological polar surface area (TPSA) is 25.8 Å². The second kappa shape index (κ2) is 6.11. The Morgan fingerprint density at radius 2 is 1.71 bits per heavy atom. The first kappa shape index (κ1) is 15.7. The molecule has 3 aromatic rings. The molecule has 3 rings (SSSR count). The van der Waals surface area contributed by atoms with Gasteiger partial charge >= 0.3 is 0 Å². The van der Waals surface area contributed by atoms with Gasteiger partial charge in [-0.2, -0.15) is 0 Å². The van der Waals surface area contributed by atoms with Crippen molar-refractivity contribution in [2.45, 2.75) is 13.7 Å². The maximum atomic E-state index is 5.90. The van der Waals surface area contributed by atoms with Gasteiger partial charge in [0, 0.05) is 9.92 Å². The summed E-state index contributed by atoms with van der Waals surface area (Å²) >= 11 is 26.6. The van der Waals surface area contributed by atoms with Crippen LogP contribution in [0.25, 0.3) is 10.2 Å². The van der Waals surface area contributed by atoms with E-state index < -0.39 is 3.79 Å². The van der Waals surface area contributed by atoms with Gasteiger partial charge in [0.05, 0.1) is 10.2 Å². The number of nitrogens with zero attached hydrogens (tertiary/aromatic N) is 2. The van der Waals surface area contributed by atoms with Crippen molar-refractivity contribution in [2.24, 2.45) is 0 Å². The first-order valence-electron chi connectivity index (χ1n) is 5.69. The average molecular weight is 396 g/mol.